The van der Waals surface area contributed by atoms with Gasteiger partial charge < -0.3 is 9.64 Å². The largest absolute Gasteiger partial charge is 0.457 e. The van der Waals surface area contributed by atoms with E-state index in [4.69, 9.17) is 4.74 Å². The summed E-state index contributed by atoms with van der Waals surface area (Å²) in [6, 6.07) is 5.22. The quantitative estimate of drug-likeness (QED) is 0.317. The highest BCUT2D eigenvalue weighted by atomic mass is 19.2. The highest BCUT2D eigenvalue weighted by molar-refractivity contribution is 5.92. The minimum atomic E-state index is -1.59. The van der Waals surface area contributed by atoms with E-state index in [1.165, 1.54) is 0 Å². The molecule has 0 aliphatic heterocycles. The summed E-state index contributed by atoms with van der Waals surface area (Å²) in [7, 11) is 1.90. The van der Waals surface area contributed by atoms with Crippen molar-refractivity contribution < 1.29 is 22.7 Å². The first-order valence-corrected chi connectivity index (χ1v) is 8.39. The van der Waals surface area contributed by atoms with Gasteiger partial charge in [0.25, 0.3) is 0 Å². The van der Waals surface area contributed by atoms with E-state index in [1.807, 2.05) is 25.8 Å². The Kier molecular flexibility index (Phi) is 6.60. The van der Waals surface area contributed by atoms with Crippen LogP contribution in [0.3, 0.4) is 0 Å². The molecule has 0 spiro atoms. The Morgan fingerprint density at radius 1 is 1.15 bits per heavy atom. The Labute approximate surface area is 156 Å². The fourth-order valence-electron chi connectivity index (χ4n) is 2.30. The van der Waals surface area contributed by atoms with Gasteiger partial charge >= 0.3 is 5.97 Å². The van der Waals surface area contributed by atoms with Gasteiger partial charge in [0.1, 0.15) is 6.61 Å². The SMILES string of the molecule is CCN(C)C=Nc1cc(C)c(C(=O)OCc2ccc(F)c(F)c2F)cc1C. The number of halogens is 3. The second-order valence-electron chi connectivity index (χ2n) is 6.18. The molecule has 0 N–H and O–H groups in total. The number of ether oxygens (including phenoxy) is 1. The minimum Gasteiger partial charge on any atom is -0.457 e. The van der Waals surface area contributed by atoms with E-state index in [9.17, 15) is 18.0 Å². The number of benzene rings is 2. The number of nitrogens with zero attached hydrogens (tertiary/aromatic N) is 2. The third-order valence-electron chi connectivity index (χ3n) is 4.13. The Morgan fingerprint density at radius 2 is 1.85 bits per heavy atom. The molecular formula is C20H21F3N2O2. The number of hydrogen-bond acceptors (Lipinski definition) is 3. The van der Waals surface area contributed by atoms with Crippen LogP contribution in [0.5, 0.6) is 0 Å². The topological polar surface area (TPSA) is 41.9 Å². The van der Waals surface area contributed by atoms with Crippen LogP contribution in [0.15, 0.2) is 29.3 Å². The van der Waals surface area contributed by atoms with Gasteiger partial charge in [0.2, 0.25) is 0 Å². The summed E-state index contributed by atoms with van der Waals surface area (Å²) in [5.41, 5.74) is 2.20. The van der Waals surface area contributed by atoms with Gasteiger partial charge in [0.05, 0.1) is 17.6 Å². The molecule has 0 saturated heterocycles. The van der Waals surface area contributed by atoms with Crippen molar-refractivity contribution >= 4 is 18.0 Å². The first-order valence-electron chi connectivity index (χ1n) is 8.39. The molecule has 0 aliphatic carbocycles. The molecule has 2 aromatic carbocycles. The predicted molar refractivity (Wildman–Crippen MR) is 97.8 cm³/mol. The van der Waals surface area contributed by atoms with Crippen LogP contribution >= 0.6 is 0 Å². The highest BCUT2D eigenvalue weighted by Crippen LogP contribution is 2.24. The molecule has 0 bridgehead atoms. The Hall–Kier alpha value is -2.83. The summed E-state index contributed by atoms with van der Waals surface area (Å²) in [4.78, 5) is 18.6. The van der Waals surface area contributed by atoms with Crippen molar-refractivity contribution in [3.05, 3.63) is 64.0 Å². The summed E-state index contributed by atoms with van der Waals surface area (Å²) >= 11 is 0. The van der Waals surface area contributed by atoms with Gasteiger partial charge in [-0.25, -0.2) is 23.0 Å². The van der Waals surface area contributed by atoms with Crippen LogP contribution in [0.4, 0.5) is 18.9 Å². The molecule has 0 saturated carbocycles. The molecule has 0 aliphatic rings. The lowest BCUT2D eigenvalue weighted by atomic mass is 10.0. The second kappa shape index (κ2) is 8.70. The number of esters is 1. The van der Waals surface area contributed by atoms with Crippen molar-refractivity contribution in [2.45, 2.75) is 27.4 Å². The molecule has 0 atom stereocenters. The van der Waals surface area contributed by atoms with E-state index in [0.29, 0.717) is 11.1 Å². The standard InChI is InChI=1S/C20H21F3N2O2/c1-5-25(4)11-24-17-9-12(2)15(8-13(17)3)20(26)27-10-14-6-7-16(21)19(23)18(14)22/h6-9,11H,5,10H2,1-4H3. The van der Waals surface area contributed by atoms with Gasteiger partial charge in [-0.15, -0.1) is 0 Å². The molecular weight excluding hydrogens is 357 g/mol. The monoisotopic (exact) mass is 378 g/mol. The molecule has 4 nitrogen and oxygen atoms in total. The maximum Gasteiger partial charge on any atom is 0.338 e. The average Bonchev–Trinajstić information content (AvgIpc) is 2.65. The van der Waals surface area contributed by atoms with Gasteiger partial charge in [-0.05, 0) is 56.2 Å². The van der Waals surface area contributed by atoms with Crippen molar-refractivity contribution in [2.24, 2.45) is 4.99 Å². The third-order valence-corrected chi connectivity index (χ3v) is 4.13. The lowest BCUT2D eigenvalue weighted by Crippen LogP contribution is -2.14. The Balaban J connectivity index is 2.16. The maximum atomic E-state index is 13.7. The summed E-state index contributed by atoms with van der Waals surface area (Å²) < 4.78 is 44.9. The van der Waals surface area contributed by atoms with Crippen molar-refractivity contribution in [3.63, 3.8) is 0 Å². The normalized spacial score (nSPS) is 11.1. The zero-order chi connectivity index (χ0) is 20.1. The lowest BCUT2D eigenvalue weighted by Gasteiger charge is -2.12. The van der Waals surface area contributed by atoms with Gasteiger partial charge in [-0.2, -0.15) is 0 Å². The van der Waals surface area contributed by atoms with Crippen molar-refractivity contribution in [3.8, 4) is 0 Å². The molecule has 27 heavy (non-hydrogen) atoms. The van der Waals surface area contributed by atoms with Crippen molar-refractivity contribution in [2.75, 3.05) is 13.6 Å². The van der Waals surface area contributed by atoms with E-state index in [0.717, 1.165) is 29.9 Å². The van der Waals surface area contributed by atoms with Gasteiger partial charge in [0.15, 0.2) is 17.5 Å². The summed E-state index contributed by atoms with van der Waals surface area (Å²) in [5, 5.41) is 0. The van der Waals surface area contributed by atoms with E-state index in [2.05, 4.69) is 4.99 Å². The smallest absolute Gasteiger partial charge is 0.338 e. The first kappa shape index (κ1) is 20.5. The molecule has 0 heterocycles. The number of aliphatic imine (C=N–C) groups is 1. The van der Waals surface area contributed by atoms with Crippen molar-refractivity contribution in [1.82, 2.24) is 4.90 Å². The molecule has 0 unspecified atom stereocenters. The van der Waals surface area contributed by atoms with Crippen LogP contribution in [0.2, 0.25) is 0 Å². The van der Waals surface area contributed by atoms with Crippen LogP contribution in [0.25, 0.3) is 0 Å². The highest BCUT2D eigenvalue weighted by Gasteiger charge is 2.17. The summed E-state index contributed by atoms with van der Waals surface area (Å²) in [6.07, 6.45) is 1.70. The van der Waals surface area contributed by atoms with Crippen LogP contribution in [-0.2, 0) is 11.3 Å². The minimum absolute atomic E-state index is 0.236. The number of hydrogen-bond donors (Lipinski definition) is 0. The Bertz CT molecular complexity index is 882. The molecule has 7 heteroatoms. The number of aryl methyl sites for hydroxylation is 2. The number of carbonyl (C=O) groups is 1. The zero-order valence-electron chi connectivity index (χ0n) is 15.6. The van der Waals surface area contributed by atoms with Crippen molar-refractivity contribution in [1.29, 1.82) is 0 Å². The molecule has 2 rings (SSSR count). The molecule has 0 amide bonds. The second-order valence-corrected chi connectivity index (χ2v) is 6.18. The van der Waals surface area contributed by atoms with Gasteiger partial charge in [-0.3, -0.25) is 0 Å². The molecule has 144 valence electrons. The predicted octanol–water partition coefficient (Wildman–Crippen LogP) is 4.69. The molecule has 2 aromatic rings. The fraction of sp³-hybridized carbons (Fsp3) is 0.300. The van der Waals surface area contributed by atoms with Crippen LogP contribution in [-0.4, -0.2) is 30.8 Å². The fourth-order valence-corrected chi connectivity index (χ4v) is 2.30. The zero-order valence-corrected chi connectivity index (χ0v) is 15.6. The molecule has 0 fully saturated rings. The van der Waals surface area contributed by atoms with Crippen LogP contribution in [0, 0.1) is 31.3 Å². The number of carbonyl (C=O) groups excluding carboxylic acids is 1. The van der Waals surface area contributed by atoms with Crippen LogP contribution < -0.4 is 0 Å². The van der Waals surface area contributed by atoms with E-state index in [1.54, 1.807) is 25.4 Å². The molecule has 0 radical (unpaired) electrons. The summed E-state index contributed by atoms with van der Waals surface area (Å²) in [5.74, 6) is -4.92. The lowest BCUT2D eigenvalue weighted by molar-refractivity contribution is 0.0467. The van der Waals surface area contributed by atoms with Gasteiger partial charge in [-0.1, -0.05) is 0 Å². The Morgan fingerprint density at radius 3 is 2.52 bits per heavy atom. The van der Waals surface area contributed by atoms with E-state index < -0.39 is 30.0 Å². The molecule has 0 aromatic heterocycles. The van der Waals surface area contributed by atoms with Crippen LogP contribution in [0.1, 0.15) is 34.0 Å². The number of rotatable bonds is 6. The van der Waals surface area contributed by atoms with E-state index in [-0.39, 0.29) is 5.56 Å². The third kappa shape index (κ3) is 4.87. The first-order chi connectivity index (χ1) is 12.7. The van der Waals surface area contributed by atoms with E-state index >= 15 is 0 Å². The average molecular weight is 378 g/mol. The summed E-state index contributed by atoms with van der Waals surface area (Å²) in [6.45, 7) is 5.85. The maximum absolute atomic E-state index is 13.7. The van der Waals surface area contributed by atoms with Gasteiger partial charge in [0, 0.05) is 19.2 Å².